The number of nitrogens with zero attached hydrogens (tertiary/aromatic N) is 3. The lowest BCUT2D eigenvalue weighted by Gasteiger charge is -2.23. The maximum atomic E-state index is 13.4. The highest BCUT2D eigenvalue weighted by Crippen LogP contribution is 2.26. The number of hydrogen-bond acceptors (Lipinski definition) is 4. The number of carbonyl (C=O) groups excluding carboxylic acids is 1. The molecule has 1 amide bonds. The van der Waals surface area contributed by atoms with Crippen molar-refractivity contribution in [2.24, 2.45) is 5.10 Å². The number of amides is 1. The predicted octanol–water partition coefficient (Wildman–Crippen LogP) is 5.66. The Morgan fingerprint density at radius 2 is 1.58 bits per heavy atom. The minimum absolute atomic E-state index is 0.105. The van der Waals surface area contributed by atoms with Crippen LogP contribution in [0.5, 0.6) is 0 Å². The second-order valence-electron chi connectivity index (χ2n) is 9.00. The van der Waals surface area contributed by atoms with E-state index in [2.05, 4.69) is 63.7 Å². The van der Waals surface area contributed by atoms with E-state index in [0.717, 1.165) is 30.5 Å². The Balaban J connectivity index is 1.56. The quantitative estimate of drug-likeness (QED) is 0.153. The number of sulfonamides is 1. The number of para-hydroxylation sites is 1. The third-order valence-corrected chi connectivity index (χ3v) is 8.77. The standard InChI is InChI=1S/C29H29IN4O3S/c1-20-9-8-10-21(2)29(20)34-22(3)17-24(23(34)4)18-31-32-28(35)19-33(26-15-13-25(30)14-16-26)38(36,37)27-11-6-5-7-12-27/h5-18H,19H2,1-4H3,(H,32,35)/b31-18-. The molecule has 7 nitrogen and oxygen atoms in total. The number of benzene rings is 3. The van der Waals surface area contributed by atoms with E-state index in [0.29, 0.717) is 5.69 Å². The first-order valence-corrected chi connectivity index (χ1v) is 14.5. The van der Waals surface area contributed by atoms with E-state index in [-0.39, 0.29) is 4.90 Å². The van der Waals surface area contributed by atoms with Gasteiger partial charge in [-0.15, -0.1) is 0 Å². The van der Waals surface area contributed by atoms with Crippen molar-refractivity contribution in [3.63, 3.8) is 0 Å². The second-order valence-corrected chi connectivity index (χ2v) is 12.1. The number of hydrazone groups is 1. The fourth-order valence-electron chi connectivity index (χ4n) is 4.40. The number of anilines is 1. The monoisotopic (exact) mass is 640 g/mol. The van der Waals surface area contributed by atoms with Crippen molar-refractivity contribution in [3.8, 4) is 5.69 Å². The molecule has 3 aromatic carbocycles. The first-order valence-electron chi connectivity index (χ1n) is 12.0. The Bertz CT molecular complexity index is 1570. The van der Waals surface area contributed by atoms with Crippen molar-refractivity contribution >= 4 is 50.4 Å². The molecular weight excluding hydrogens is 611 g/mol. The molecule has 0 aliphatic heterocycles. The molecule has 9 heteroatoms. The van der Waals surface area contributed by atoms with Gasteiger partial charge in [-0.25, -0.2) is 13.8 Å². The van der Waals surface area contributed by atoms with E-state index in [1.807, 2.05) is 26.0 Å². The number of nitrogens with one attached hydrogen (secondary N) is 1. The summed E-state index contributed by atoms with van der Waals surface area (Å²) < 4.78 is 31.1. The Morgan fingerprint density at radius 3 is 2.21 bits per heavy atom. The fourth-order valence-corrected chi connectivity index (χ4v) is 6.20. The lowest BCUT2D eigenvalue weighted by molar-refractivity contribution is -0.119. The average molecular weight is 641 g/mol. The van der Waals surface area contributed by atoms with E-state index >= 15 is 0 Å². The van der Waals surface area contributed by atoms with Crippen molar-refractivity contribution in [3.05, 3.63) is 111 Å². The topological polar surface area (TPSA) is 83.8 Å². The molecule has 1 N–H and O–H groups in total. The van der Waals surface area contributed by atoms with Crippen LogP contribution >= 0.6 is 22.6 Å². The molecule has 38 heavy (non-hydrogen) atoms. The van der Waals surface area contributed by atoms with Crippen molar-refractivity contribution in [2.45, 2.75) is 32.6 Å². The zero-order valence-corrected chi connectivity index (χ0v) is 24.6. The Labute approximate surface area is 237 Å². The third kappa shape index (κ3) is 5.83. The van der Waals surface area contributed by atoms with Crippen LogP contribution in [0.3, 0.4) is 0 Å². The second kappa shape index (κ2) is 11.5. The minimum Gasteiger partial charge on any atom is -0.317 e. The number of halogens is 1. The van der Waals surface area contributed by atoms with Crippen LogP contribution in [0.1, 0.15) is 28.1 Å². The van der Waals surface area contributed by atoms with Crippen LogP contribution in [0.25, 0.3) is 5.69 Å². The summed E-state index contributed by atoms with van der Waals surface area (Å²) in [4.78, 5) is 13.0. The smallest absolute Gasteiger partial charge is 0.264 e. The van der Waals surface area contributed by atoms with Gasteiger partial charge >= 0.3 is 0 Å². The maximum Gasteiger partial charge on any atom is 0.264 e. The Morgan fingerprint density at radius 1 is 0.947 bits per heavy atom. The summed E-state index contributed by atoms with van der Waals surface area (Å²) in [7, 11) is -3.97. The first kappa shape index (κ1) is 27.6. The van der Waals surface area contributed by atoms with E-state index in [9.17, 15) is 13.2 Å². The molecule has 0 saturated heterocycles. The van der Waals surface area contributed by atoms with Gasteiger partial charge in [0.15, 0.2) is 0 Å². The SMILES string of the molecule is Cc1cccc(C)c1-n1c(C)cc(/C=N\NC(=O)CN(c2ccc(I)cc2)S(=O)(=O)c2ccccc2)c1C. The van der Waals surface area contributed by atoms with Crippen molar-refractivity contribution in [2.75, 3.05) is 10.8 Å². The normalized spacial score (nSPS) is 11.6. The van der Waals surface area contributed by atoms with E-state index in [1.165, 1.54) is 23.3 Å². The molecule has 0 radical (unpaired) electrons. The molecule has 0 aliphatic rings. The van der Waals surface area contributed by atoms with Gasteiger partial charge in [0.05, 0.1) is 22.5 Å². The number of carbonyl (C=O) groups is 1. The molecule has 0 saturated carbocycles. The molecule has 196 valence electrons. The highest BCUT2D eigenvalue weighted by molar-refractivity contribution is 14.1. The summed E-state index contributed by atoms with van der Waals surface area (Å²) in [5, 5.41) is 4.15. The van der Waals surface area contributed by atoms with Gasteiger partial charge in [-0.2, -0.15) is 5.10 Å². The number of aromatic nitrogens is 1. The highest BCUT2D eigenvalue weighted by Gasteiger charge is 2.27. The maximum absolute atomic E-state index is 13.4. The third-order valence-electron chi connectivity index (χ3n) is 6.26. The summed E-state index contributed by atoms with van der Waals surface area (Å²) in [5.74, 6) is -0.553. The van der Waals surface area contributed by atoms with Crippen molar-refractivity contribution < 1.29 is 13.2 Å². The molecule has 0 bridgehead atoms. The van der Waals surface area contributed by atoms with Gasteiger partial charge in [0, 0.05) is 20.5 Å². The Kier molecular flexibility index (Phi) is 8.37. The summed E-state index contributed by atoms with van der Waals surface area (Å²) in [6, 6.07) is 23.2. The number of aryl methyl sites for hydroxylation is 3. The Hall–Kier alpha value is -3.44. The van der Waals surface area contributed by atoms with Crippen LogP contribution in [0.15, 0.2) is 88.9 Å². The van der Waals surface area contributed by atoms with Crippen molar-refractivity contribution in [1.82, 2.24) is 9.99 Å². The molecule has 4 rings (SSSR count). The largest absolute Gasteiger partial charge is 0.317 e. The van der Waals surface area contributed by atoms with Crippen LogP contribution in [-0.2, 0) is 14.8 Å². The molecule has 4 aromatic rings. The van der Waals surface area contributed by atoms with Crippen LogP contribution in [0, 0.1) is 31.3 Å². The van der Waals surface area contributed by atoms with Gasteiger partial charge in [-0.1, -0.05) is 36.4 Å². The van der Waals surface area contributed by atoms with Gasteiger partial charge in [-0.3, -0.25) is 9.10 Å². The summed E-state index contributed by atoms with van der Waals surface area (Å²) >= 11 is 2.15. The summed E-state index contributed by atoms with van der Waals surface area (Å²) in [6.45, 7) is 7.78. The van der Waals surface area contributed by atoms with E-state index in [1.54, 1.807) is 48.7 Å². The van der Waals surface area contributed by atoms with Gasteiger partial charge < -0.3 is 4.57 Å². The molecule has 0 aliphatic carbocycles. The minimum atomic E-state index is -3.97. The van der Waals surface area contributed by atoms with Crippen molar-refractivity contribution in [1.29, 1.82) is 0 Å². The molecule has 0 atom stereocenters. The molecule has 0 spiro atoms. The van der Waals surface area contributed by atoms with Gasteiger partial charge in [0.25, 0.3) is 15.9 Å². The zero-order valence-electron chi connectivity index (χ0n) is 21.6. The molecule has 0 fully saturated rings. The average Bonchev–Trinajstić information content (AvgIpc) is 3.16. The van der Waals surface area contributed by atoms with Gasteiger partial charge in [0.1, 0.15) is 6.54 Å². The zero-order chi connectivity index (χ0) is 27.4. The van der Waals surface area contributed by atoms with Crippen LogP contribution in [0.4, 0.5) is 5.69 Å². The van der Waals surface area contributed by atoms with Crippen LogP contribution in [-0.4, -0.2) is 31.7 Å². The van der Waals surface area contributed by atoms with E-state index < -0.39 is 22.5 Å². The number of hydrogen-bond donors (Lipinski definition) is 1. The lowest BCUT2D eigenvalue weighted by Crippen LogP contribution is -2.39. The molecule has 0 unspecified atom stereocenters. The molecular formula is C29H29IN4O3S. The van der Waals surface area contributed by atoms with Crippen LogP contribution < -0.4 is 9.73 Å². The fraction of sp³-hybridized carbons (Fsp3) is 0.172. The van der Waals surface area contributed by atoms with Gasteiger partial charge in [-0.05, 0) is 104 Å². The predicted molar refractivity (Wildman–Crippen MR) is 161 cm³/mol. The lowest BCUT2D eigenvalue weighted by atomic mass is 10.1. The first-order chi connectivity index (χ1) is 18.1. The number of rotatable bonds is 8. The van der Waals surface area contributed by atoms with E-state index in [4.69, 9.17) is 0 Å². The summed E-state index contributed by atoms with van der Waals surface area (Å²) in [5.41, 5.74) is 9.25. The molecule has 1 aromatic heterocycles. The highest BCUT2D eigenvalue weighted by atomic mass is 127. The summed E-state index contributed by atoms with van der Waals surface area (Å²) in [6.07, 6.45) is 1.59. The van der Waals surface area contributed by atoms with Gasteiger partial charge in [0.2, 0.25) is 0 Å². The molecule has 1 heterocycles. The van der Waals surface area contributed by atoms with Crippen LogP contribution in [0.2, 0.25) is 0 Å².